The van der Waals surface area contributed by atoms with Gasteiger partial charge in [0.05, 0.1) is 0 Å². The van der Waals surface area contributed by atoms with Gasteiger partial charge in [0.15, 0.2) is 0 Å². The molecular formula is C14H17F4NO. The predicted octanol–water partition coefficient (Wildman–Crippen LogP) is 4.11. The highest BCUT2D eigenvalue weighted by Crippen LogP contribution is 2.39. The second-order valence-electron chi connectivity index (χ2n) is 5.07. The number of para-hydroxylation sites is 1. The second kappa shape index (κ2) is 5.99. The Labute approximate surface area is 114 Å². The number of benzene rings is 1. The molecule has 2 nitrogen and oxygen atoms in total. The van der Waals surface area contributed by atoms with Gasteiger partial charge in [-0.25, -0.2) is 0 Å². The molecule has 1 aliphatic carbocycles. The van der Waals surface area contributed by atoms with Gasteiger partial charge in [0, 0.05) is 11.6 Å². The SMILES string of the molecule is N[C@H](c1ccccc1OC(F)(F)C(F)F)C1CCCC1. The molecule has 6 heteroatoms. The minimum Gasteiger partial charge on any atom is -0.428 e. The fourth-order valence-electron chi connectivity index (χ4n) is 2.61. The van der Waals surface area contributed by atoms with Gasteiger partial charge in [-0.1, -0.05) is 31.0 Å². The summed E-state index contributed by atoms with van der Waals surface area (Å²) in [6, 6.07) is 5.43. The zero-order valence-electron chi connectivity index (χ0n) is 10.9. The minimum atomic E-state index is -4.51. The molecule has 1 aromatic rings. The summed E-state index contributed by atoms with van der Waals surface area (Å²) in [6.07, 6.45) is -4.45. The number of nitrogens with two attached hydrogens (primary N) is 1. The van der Waals surface area contributed by atoms with Crippen LogP contribution < -0.4 is 10.5 Å². The molecule has 20 heavy (non-hydrogen) atoms. The predicted molar refractivity (Wildman–Crippen MR) is 66.9 cm³/mol. The highest BCUT2D eigenvalue weighted by molar-refractivity contribution is 5.36. The summed E-state index contributed by atoms with van der Waals surface area (Å²) in [6.45, 7) is 0. The molecule has 0 amide bonds. The molecule has 0 saturated heterocycles. The summed E-state index contributed by atoms with van der Waals surface area (Å²) >= 11 is 0. The molecule has 0 unspecified atom stereocenters. The van der Waals surface area contributed by atoms with Gasteiger partial charge in [0.25, 0.3) is 0 Å². The van der Waals surface area contributed by atoms with Gasteiger partial charge in [0.1, 0.15) is 5.75 Å². The Kier molecular flexibility index (Phi) is 4.52. The number of halogens is 4. The lowest BCUT2D eigenvalue weighted by atomic mass is 9.92. The van der Waals surface area contributed by atoms with Crippen LogP contribution in [0.2, 0.25) is 0 Å². The molecule has 0 radical (unpaired) electrons. The monoisotopic (exact) mass is 291 g/mol. The van der Waals surface area contributed by atoms with Crippen molar-refractivity contribution in [2.75, 3.05) is 0 Å². The number of hydrogen-bond acceptors (Lipinski definition) is 2. The second-order valence-corrected chi connectivity index (χ2v) is 5.07. The van der Waals surface area contributed by atoms with E-state index < -0.39 is 18.6 Å². The van der Waals surface area contributed by atoms with Crippen molar-refractivity contribution in [3.63, 3.8) is 0 Å². The van der Waals surface area contributed by atoms with E-state index in [0.717, 1.165) is 25.7 Å². The van der Waals surface area contributed by atoms with Crippen LogP contribution in [-0.4, -0.2) is 12.5 Å². The summed E-state index contributed by atoms with van der Waals surface area (Å²) in [5.74, 6) is -0.0860. The molecule has 2 N–H and O–H groups in total. The first-order valence-electron chi connectivity index (χ1n) is 6.61. The van der Waals surface area contributed by atoms with Crippen LogP contribution in [0.4, 0.5) is 17.6 Å². The number of rotatable bonds is 5. The molecule has 0 heterocycles. The van der Waals surface area contributed by atoms with Gasteiger partial charge in [-0.3, -0.25) is 0 Å². The van der Waals surface area contributed by atoms with Crippen LogP contribution in [0.25, 0.3) is 0 Å². The van der Waals surface area contributed by atoms with Crippen molar-refractivity contribution in [3.05, 3.63) is 29.8 Å². The lowest BCUT2D eigenvalue weighted by Crippen LogP contribution is -2.34. The molecule has 0 spiro atoms. The smallest absolute Gasteiger partial charge is 0.428 e. The number of alkyl halides is 4. The zero-order valence-corrected chi connectivity index (χ0v) is 10.9. The normalized spacial score (nSPS) is 18.5. The summed E-state index contributed by atoms with van der Waals surface area (Å²) in [5.41, 5.74) is 6.44. The number of ether oxygens (including phenoxy) is 1. The van der Waals surface area contributed by atoms with Crippen LogP contribution in [0.3, 0.4) is 0 Å². The number of hydrogen-bond donors (Lipinski definition) is 1. The standard InChI is InChI=1S/C14H17F4NO/c15-13(16)14(17,18)20-11-8-4-3-7-10(11)12(19)9-5-1-2-6-9/h3-4,7-9,12-13H,1-2,5-6,19H2/t12-/m0/s1. The highest BCUT2D eigenvalue weighted by Gasteiger charge is 2.44. The Bertz CT molecular complexity index is 447. The quantitative estimate of drug-likeness (QED) is 0.828. The van der Waals surface area contributed by atoms with Crippen molar-refractivity contribution in [1.82, 2.24) is 0 Å². The topological polar surface area (TPSA) is 35.2 Å². The van der Waals surface area contributed by atoms with E-state index in [9.17, 15) is 17.6 Å². The molecule has 1 aromatic carbocycles. The average molecular weight is 291 g/mol. The van der Waals surface area contributed by atoms with Crippen molar-refractivity contribution in [1.29, 1.82) is 0 Å². The van der Waals surface area contributed by atoms with E-state index in [0.29, 0.717) is 5.56 Å². The maximum absolute atomic E-state index is 13.0. The molecule has 0 aliphatic heterocycles. The third-order valence-electron chi connectivity index (χ3n) is 3.69. The largest absolute Gasteiger partial charge is 0.461 e. The van der Waals surface area contributed by atoms with Crippen LogP contribution in [-0.2, 0) is 0 Å². The Morgan fingerprint density at radius 2 is 1.75 bits per heavy atom. The third-order valence-corrected chi connectivity index (χ3v) is 3.69. The first-order valence-corrected chi connectivity index (χ1v) is 6.61. The van der Waals surface area contributed by atoms with Gasteiger partial charge in [-0.05, 0) is 24.8 Å². The molecule has 1 saturated carbocycles. The molecule has 2 rings (SSSR count). The molecule has 0 bridgehead atoms. The van der Waals surface area contributed by atoms with Gasteiger partial charge in [-0.2, -0.15) is 17.6 Å². The zero-order chi connectivity index (χ0) is 14.8. The van der Waals surface area contributed by atoms with Crippen LogP contribution in [0.15, 0.2) is 24.3 Å². The molecular weight excluding hydrogens is 274 g/mol. The lowest BCUT2D eigenvalue weighted by Gasteiger charge is -2.24. The highest BCUT2D eigenvalue weighted by atomic mass is 19.3. The molecule has 1 fully saturated rings. The Morgan fingerprint density at radius 3 is 2.35 bits per heavy atom. The molecule has 112 valence electrons. The minimum absolute atomic E-state index is 0.180. The van der Waals surface area contributed by atoms with Crippen molar-refractivity contribution >= 4 is 0 Å². The van der Waals surface area contributed by atoms with E-state index in [1.54, 1.807) is 12.1 Å². The summed E-state index contributed by atoms with van der Waals surface area (Å²) in [4.78, 5) is 0. The van der Waals surface area contributed by atoms with Gasteiger partial charge in [0.2, 0.25) is 0 Å². The Balaban J connectivity index is 2.21. The van der Waals surface area contributed by atoms with E-state index in [4.69, 9.17) is 5.73 Å². The van der Waals surface area contributed by atoms with Crippen LogP contribution >= 0.6 is 0 Å². The van der Waals surface area contributed by atoms with Gasteiger partial charge in [-0.15, -0.1) is 0 Å². The van der Waals surface area contributed by atoms with Crippen molar-refractivity contribution in [2.45, 2.75) is 44.3 Å². The van der Waals surface area contributed by atoms with E-state index in [2.05, 4.69) is 4.74 Å². The maximum atomic E-state index is 13.0. The third kappa shape index (κ3) is 3.23. The van der Waals surface area contributed by atoms with E-state index in [1.165, 1.54) is 12.1 Å². The fraction of sp³-hybridized carbons (Fsp3) is 0.571. The fourth-order valence-corrected chi connectivity index (χ4v) is 2.61. The van der Waals surface area contributed by atoms with Crippen LogP contribution in [0, 0.1) is 5.92 Å². The maximum Gasteiger partial charge on any atom is 0.461 e. The first-order chi connectivity index (χ1) is 9.42. The Hall–Kier alpha value is -1.30. The van der Waals surface area contributed by atoms with E-state index in [-0.39, 0.29) is 11.7 Å². The van der Waals surface area contributed by atoms with E-state index >= 15 is 0 Å². The van der Waals surface area contributed by atoms with Gasteiger partial charge < -0.3 is 10.5 Å². The molecule has 1 aliphatic rings. The summed E-state index contributed by atoms with van der Waals surface area (Å²) < 4.78 is 54.7. The summed E-state index contributed by atoms with van der Waals surface area (Å²) in [5, 5.41) is 0. The van der Waals surface area contributed by atoms with Crippen molar-refractivity contribution in [2.24, 2.45) is 11.7 Å². The lowest BCUT2D eigenvalue weighted by molar-refractivity contribution is -0.253. The first kappa shape index (κ1) is 15.1. The van der Waals surface area contributed by atoms with Crippen molar-refractivity contribution < 1.29 is 22.3 Å². The van der Waals surface area contributed by atoms with Crippen LogP contribution in [0.1, 0.15) is 37.3 Å². The molecule has 0 aromatic heterocycles. The summed E-state index contributed by atoms with van der Waals surface area (Å²) in [7, 11) is 0. The van der Waals surface area contributed by atoms with Crippen molar-refractivity contribution in [3.8, 4) is 5.75 Å². The van der Waals surface area contributed by atoms with Crippen LogP contribution in [0.5, 0.6) is 5.75 Å². The average Bonchev–Trinajstić information content (AvgIpc) is 2.92. The molecule has 1 atom stereocenters. The van der Waals surface area contributed by atoms with E-state index in [1.807, 2.05) is 0 Å². The Morgan fingerprint density at radius 1 is 1.15 bits per heavy atom. The van der Waals surface area contributed by atoms with Gasteiger partial charge >= 0.3 is 12.5 Å².